The second kappa shape index (κ2) is 32.6. The zero-order chi connectivity index (χ0) is 81.8. The van der Waals surface area contributed by atoms with E-state index in [0.717, 1.165) is 123 Å². The van der Waals surface area contributed by atoms with E-state index < -0.39 is 35.5 Å². The van der Waals surface area contributed by atoms with Crippen LogP contribution in [0.1, 0.15) is 240 Å². The molecule has 4 aromatic rings. The van der Waals surface area contributed by atoms with Gasteiger partial charge < -0.3 is 20.4 Å². The molecule has 634 valence electrons. The second-order valence-electron chi connectivity index (χ2n) is 42.0. The summed E-state index contributed by atoms with van der Waals surface area (Å²) in [7, 11) is 0. The van der Waals surface area contributed by atoms with Crippen molar-refractivity contribution in [2.75, 3.05) is 6.67 Å². The molecule has 4 N–H and O–H groups in total. The molecule has 28 atom stereocenters. The van der Waals surface area contributed by atoms with Gasteiger partial charge in [-0.25, -0.2) is 13.2 Å². The maximum Gasteiger partial charge on any atom is 0.267 e. The molecule has 0 aromatic carbocycles. The molecule has 0 amide bonds. The summed E-state index contributed by atoms with van der Waals surface area (Å²) in [5.41, 5.74) is 7.47. The van der Waals surface area contributed by atoms with Gasteiger partial charge in [-0.15, -0.1) is 20.4 Å². The number of alkyl halides is 3. The molecular formula is C95H132ClF3N14O4. The summed E-state index contributed by atoms with van der Waals surface area (Å²) >= 11 is 5.61. The number of aliphatic hydroxyl groups is 4. The van der Waals surface area contributed by atoms with Crippen LogP contribution in [0.15, 0.2) is 133 Å². The van der Waals surface area contributed by atoms with Crippen LogP contribution in [0.5, 0.6) is 0 Å². The fourth-order valence-corrected chi connectivity index (χ4v) is 31.1. The molecule has 0 aliphatic heterocycles. The van der Waals surface area contributed by atoms with Crippen LogP contribution in [0.25, 0.3) is 0 Å². The second-order valence-corrected chi connectivity index (χ2v) is 42.2. The lowest BCUT2D eigenvalue weighted by Crippen LogP contribution is -2.49. The van der Waals surface area contributed by atoms with Crippen molar-refractivity contribution in [2.45, 2.75) is 295 Å². The van der Waals surface area contributed by atoms with Gasteiger partial charge in [0.2, 0.25) is 0 Å². The van der Waals surface area contributed by atoms with Crippen molar-refractivity contribution in [3.63, 3.8) is 0 Å². The Morgan fingerprint density at radius 1 is 0.419 bits per heavy atom. The van der Waals surface area contributed by atoms with Crippen LogP contribution in [0.4, 0.5) is 13.2 Å². The number of fused-ring (bicyclic) bond motifs is 20. The van der Waals surface area contributed by atoms with Crippen molar-refractivity contribution >= 4 is 11.6 Å². The molecule has 12 saturated carbocycles. The van der Waals surface area contributed by atoms with Gasteiger partial charge in [0.05, 0.1) is 62.2 Å². The van der Waals surface area contributed by atoms with Crippen LogP contribution in [0.2, 0.25) is 0 Å². The van der Waals surface area contributed by atoms with E-state index in [1.165, 1.54) is 155 Å². The van der Waals surface area contributed by atoms with Crippen molar-refractivity contribution in [2.24, 2.45) is 140 Å². The topological polar surface area (TPSA) is 230 Å². The highest BCUT2D eigenvalue weighted by atomic mass is 35.5. The highest BCUT2D eigenvalue weighted by molar-refractivity contribution is 6.30. The third kappa shape index (κ3) is 15.5. The molecule has 4 heterocycles. The molecule has 0 bridgehead atoms. The Labute approximate surface area is 697 Å². The molecule has 16 aliphatic carbocycles. The van der Waals surface area contributed by atoms with Crippen LogP contribution in [-0.4, -0.2) is 126 Å². The van der Waals surface area contributed by atoms with Gasteiger partial charge >= 0.3 is 0 Å². The SMILES string of the molecule is C=C(Cn1nccn1)[C@H]1CC[C@H]2[C@@H]3CC=C4C[C@](O)(C#CCl)CC[C@@H]4[C@H]3CC[C@]12C.C=C(Cn1nccn1)[C@H]1CC[C@H]2[C@@H]3CC=C4C[C@](O)(C(F)F)CC[C@@H]4[C@H]3CC[C@]12C.C=C(Cn1ncnn1)[C@H]1CC[C@H]2[C@@H]3CC=C4C[C@@](C)(O)CC[C@@H]4[C@H]3CC[C@]12C.C=C(Cn1ncnn1)[C@H]1CC[C@H]2[C@@H]3CC=C4C[C@](O)(CF)CC[C@@H]4[C@H]3CC[C@]12C. The molecule has 0 radical (unpaired) electrons. The summed E-state index contributed by atoms with van der Waals surface area (Å²) < 4.78 is 40.1. The molecule has 0 spiro atoms. The zero-order valence-corrected chi connectivity index (χ0v) is 71.2. The minimum atomic E-state index is -2.65. The van der Waals surface area contributed by atoms with Gasteiger partial charge in [0, 0.05) is 18.2 Å². The van der Waals surface area contributed by atoms with Crippen molar-refractivity contribution in [1.29, 1.82) is 0 Å². The number of hydrogen-bond acceptors (Lipinski definition) is 14. The molecule has 22 heteroatoms. The number of nitrogens with zero attached hydrogens (tertiary/aromatic N) is 14. The van der Waals surface area contributed by atoms with E-state index in [4.69, 9.17) is 11.6 Å². The summed E-state index contributed by atoms with van der Waals surface area (Å²) in [6.45, 7) is 32.0. The molecule has 18 nitrogen and oxygen atoms in total. The smallest absolute Gasteiger partial charge is 0.267 e. The first-order valence-electron chi connectivity index (χ1n) is 45.5. The van der Waals surface area contributed by atoms with Crippen molar-refractivity contribution in [3.05, 3.63) is 133 Å². The Kier molecular flexibility index (Phi) is 23.1. The molecular weight excluding hydrogens is 1490 g/mol. The maximum absolute atomic E-state index is 13.4. The lowest BCUT2D eigenvalue weighted by Gasteiger charge is -2.54. The number of halogens is 4. The lowest BCUT2D eigenvalue weighted by molar-refractivity contribution is -0.119. The Morgan fingerprint density at radius 3 is 1.12 bits per heavy atom. The minimum absolute atomic E-state index is 0.163. The fourth-order valence-electron chi connectivity index (χ4n) is 31.0. The van der Waals surface area contributed by atoms with E-state index in [1.54, 1.807) is 49.5 Å². The van der Waals surface area contributed by atoms with Gasteiger partial charge in [-0.3, -0.25) is 0 Å². The van der Waals surface area contributed by atoms with Gasteiger partial charge in [-0.2, -0.15) is 39.6 Å². The highest BCUT2D eigenvalue weighted by Gasteiger charge is 2.62. The van der Waals surface area contributed by atoms with Gasteiger partial charge in [0.25, 0.3) is 6.43 Å². The summed E-state index contributed by atoms with van der Waals surface area (Å²) in [4.78, 5) is 6.82. The van der Waals surface area contributed by atoms with Crippen molar-refractivity contribution in [1.82, 2.24) is 70.4 Å². The zero-order valence-electron chi connectivity index (χ0n) is 70.5. The van der Waals surface area contributed by atoms with Gasteiger partial charge in [-0.05, 0) is 362 Å². The molecule has 0 saturated heterocycles. The number of aromatic nitrogens is 14. The first kappa shape index (κ1) is 83.1. The van der Waals surface area contributed by atoms with Crippen LogP contribution in [0.3, 0.4) is 0 Å². The summed E-state index contributed by atoms with van der Waals surface area (Å²) in [6, 6.07) is 0. The summed E-state index contributed by atoms with van der Waals surface area (Å²) in [6.07, 6.45) is 50.1. The average molecular weight is 1630 g/mol. The third-order valence-electron chi connectivity index (χ3n) is 36.3. The lowest BCUT2D eigenvalue weighted by atomic mass is 9.51. The maximum atomic E-state index is 13.4. The van der Waals surface area contributed by atoms with E-state index in [9.17, 15) is 33.6 Å². The average Bonchev–Trinajstić information content (AvgIpc) is 1.65. The molecule has 117 heavy (non-hydrogen) atoms. The van der Waals surface area contributed by atoms with E-state index in [1.807, 2.05) is 6.92 Å². The predicted molar refractivity (Wildman–Crippen MR) is 446 cm³/mol. The first-order valence-corrected chi connectivity index (χ1v) is 45.9. The third-order valence-corrected chi connectivity index (χ3v) is 36.4. The molecule has 20 rings (SSSR count). The van der Waals surface area contributed by atoms with Crippen LogP contribution >= 0.6 is 11.6 Å². The molecule has 0 unspecified atom stereocenters. The van der Waals surface area contributed by atoms with Gasteiger partial charge in [0.1, 0.15) is 17.9 Å². The Morgan fingerprint density at radius 2 is 0.761 bits per heavy atom. The van der Waals surface area contributed by atoms with Gasteiger partial charge in [0.15, 0.2) is 12.7 Å². The van der Waals surface area contributed by atoms with E-state index >= 15 is 0 Å². The van der Waals surface area contributed by atoms with E-state index in [2.05, 4.69) is 141 Å². The number of allylic oxidation sites excluding steroid dienone is 8. The summed E-state index contributed by atoms with van der Waals surface area (Å²) in [5, 5.41) is 85.7. The normalized spacial score (nSPS) is 43.5. The quantitative estimate of drug-likeness (QED) is 0.0680. The van der Waals surface area contributed by atoms with Crippen LogP contribution in [0, 0.1) is 151 Å². The number of hydrogen-bond donors (Lipinski definition) is 4. The Hall–Kier alpha value is -6.18. The molecule has 12 fully saturated rings. The van der Waals surface area contributed by atoms with E-state index in [-0.39, 0.29) is 18.3 Å². The van der Waals surface area contributed by atoms with E-state index in [0.29, 0.717) is 127 Å². The monoisotopic (exact) mass is 1630 g/mol. The fraction of sp³-hybridized carbons (Fsp3) is 0.747. The number of tetrazole rings is 2. The van der Waals surface area contributed by atoms with Crippen molar-refractivity contribution < 1.29 is 33.6 Å². The Bertz CT molecular complexity index is 4450. The van der Waals surface area contributed by atoms with Crippen LogP contribution < -0.4 is 0 Å². The van der Waals surface area contributed by atoms with Crippen LogP contribution in [-0.2, 0) is 26.2 Å². The standard InChI is InChI=1S/C25H32ClN3O.C24H33F2N3O.C23H33FN4O.C23H34N4O/c1-17(16-29-27-13-14-28-29)22-5-6-23-21-4-3-18-15-25(30,11-12-26)10-8-19(18)20(21)7-9-24(22,23)2;1-15(14-29-27-11-12-28-29)20-5-6-21-19-4-3-16-13-24(30,22(25)26)10-8-17(16)18(19)7-9-23(20,21)2;1-15(12-28-26-14-25-27-28)20-5-6-21-19-4-3-16-11-23(29,13-24)10-8-17(16)18(19)7-9-22(20,21)2;1-15(13-27-25-14-24-26-27)20-6-7-21-19-5-4-16-12-22(2,28)10-8-17(16)18(19)9-11-23(20,21)3/h3,13-14,19-23,30H,1,4-10,15-16H2,2H3;3,11-12,17-22,30H,1,4-10,13-14H2,2H3;3,14,17-21,29H,1,4-13H2,2H3;4,14,17-21,28H,1,5-13H2,2-3H3/t19-,20+,21+,22+,23-,24+,25+;17-,18+,19+,20+,21-,23+,24-;17-,18+,19+,20+,21-,22+,23-;17-,18+,19+,20+,21-,22-,23+/m0000/s1. The summed E-state index contributed by atoms with van der Waals surface area (Å²) in [5.74, 6) is 16.1. The highest BCUT2D eigenvalue weighted by Crippen LogP contribution is 2.70. The predicted octanol–water partition coefficient (Wildman–Crippen LogP) is 18.3. The van der Waals surface area contributed by atoms with Gasteiger partial charge in [-0.1, -0.05) is 129 Å². The Balaban J connectivity index is 0.000000112. The van der Waals surface area contributed by atoms with Crippen molar-refractivity contribution in [3.8, 4) is 11.3 Å². The molecule has 4 aromatic heterocycles. The number of rotatable bonds is 14. The largest absolute Gasteiger partial charge is 0.390 e. The minimum Gasteiger partial charge on any atom is -0.390 e. The first-order chi connectivity index (χ1) is 56.1. The molecule has 16 aliphatic rings.